The lowest BCUT2D eigenvalue weighted by molar-refractivity contribution is -0.139. The predicted molar refractivity (Wildman–Crippen MR) is 162 cm³/mol. The van der Waals surface area contributed by atoms with Crippen LogP contribution < -0.4 is 9.62 Å². The van der Waals surface area contributed by atoms with Gasteiger partial charge >= 0.3 is 0 Å². The molecule has 2 amide bonds. The number of hydrogen-bond acceptors (Lipinski definition) is 4. The Kier molecular flexibility index (Phi) is 11.1. The summed E-state index contributed by atoms with van der Waals surface area (Å²) >= 11 is 24.9. The van der Waals surface area contributed by atoms with Crippen LogP contribution in [0.25, 0.3) is 0 Å². The number of halogens is 4. The molecule has 3 aromatic carbocycles. The van der Waals surface area contributed by atoms with Gasteiger partial charge in [-0.3, -0.25) is 13.9 Å². The molecule has 0 aliphatic carbocycles. The Morgan fingerprint density at radius 3 is 2.05 bits per heavy atom. The Bertz CT molecular complexity index is 1470. The number of nitrogens with one attached hydrogen (secondary N) is 1. The lowest BCUT2D eigenvalue weighted by atomic mass is 10.1. The minimum Gasteiger partial charge on any atom is -0.352 e. The van der Waals surface area contributed by atoms with Gasteiger partial charge in [-0.1, -0.05) is 77.6 Å². The highest BCUT2D eigenvalue weighted by molar-refractivity contribution is 7.92. The molecule has 2 atom stereocenters. The topological polar surface area (TPSA) is 86.8 Å². The summed E-state index contributed by atoms with van der Waals surface area (Å²) in [5, 5.41) is 3.92. The highest BCUT2D eigenvalue weighted by atomic mass is 35.5. The third kappa shape index (κ3) is 7.83. The minimum absolute atomic E-state index is 0.0367. The van der Waals surface area contributed by atoms with E-state index in [1.54, 1.807) is 37.3 Å². The number of benzene rings is 3. The maximum atomic E-state index is 14.0. The van der Waals surface area contributed by atoms with E-state index in [2.05, 4.69) is 5.32 Å². The maximum Gasteiger partial charge on any atom is 0.264 e. The Morgan fingerprint density at radius 2 is 1.48 bits per heavy atom. The Balaban J connectivity index is 2.07. The predicted octanol–water partition coefficient (Wildman–Crippen LogP) is 6.83. The summed E-state index contributed by atoms with van der Waals surface area (Å²) in [6.07, 6.45) is 0.688. The number of rotatable bonds is 11. The van der Waals surface area contributed by atoms with Crippen molar-refractivity contribution in [2.75, 3.05) is 10.8 Å². The van der Waals surface area contributed by atoms with Gasteiger partial charge in [0.2, 0.25) is 11.8 Å². The molecule has 3 rings (SSSR count). The number of carbonyl (C=O) groups is 2. The number of sulfonamides is 1. The molecule has 0 aliphatic rings. The van der Waals surface area contributed by atoms with Crippen molar-refractivity contribution in [1.29, 1.82) is 0 Å². The first kappa shape index (κ1) is 32.0. The third-order valence-corrected chi connectivity index (χ3v) is 9.21. The third-order valence-electron chi connectivity index (χ3n) is 6.31. The van der Waals surface area contributed by atoms with E-state index in [1.807, 2.05) is 13.8 Å². The molecule has 0 fully saturated rings. The van der Waals surface area contributed by atoms with Crippen LogP contribution in [0.4, 0.5) is 5.69 Å². The van der Waals surface area contributed by atoms with Crippen LogP contribution in [-0.4, -0.2) is 43.8 Å². The van der Waals surface area contributed by atoms with Crippen molar-refractivity contribution in [1.82, 2.24) is 10.2 Å². The summed E-state index contributed by atoms with van der Waals surface area (Å²) in [6.45, 7) is 4.63. The molecule has 0 saturated carbocycles. The first-order chi connectivity index (χ1) is 18.8. The van der Waals surface area contributed by atoms with E-state index < -0.39 is 34.4 Å². The molecule has 7 nitrogen and oxygen atoms in total. The number of carbonyl (C=O) groups excluding carboxylic acids is 2. The molecule has 0 aliphatic heterocycles. The second-order valence-corrected chi connectivity index (χ2v) is 12.7. The van der Waals surface area contributed by atoms with Crippen LogP contribution in [0.15, 0.2) is 71.6 Å². The van der Waals surface area contributed by atoms with Gasteiger partial charge in [-0.05, 0) is 68.3 Å². The van der Waals surface area contributed by atoms with Gasteiger partial charge in [0.25, 0.3) is 10.0 Å². The zero-order chi connectivity index (χ0) is 29.6. The first-order valence-corrected chi connectivity index (χ1v) is 15.4. The molecule has 0 saturated heterocycles. The van der Waals surface area contributed by atoms with Crippen molar-refractivity contribution < 1.29 is 18.0 Å². The monoisotopic (exact) mass is 643 g/mol. The minimum atomic E-state index is -4.26. The van der Waals surface area contributed by atoms with Crippen molar-refractivity contribution >= 4 is 73.9 Å². The standard InChI is InChI=1S/C28H29Cl4N3O4S/c1-4-18(2)33-28(37)19(3)34(16-20-10-11-21(29)14-24(20)31)27(36)17-35(26-13-12-22(30)15-25(26)32)40(38,39)23-8-6-5-7-9-23/h5-15,18-19H,4,16-17H2,1-3H3,(H,33,37)/t18-,19-/m0/s1. The number of nitrogens with zero attached hydrogens (tertiary/aromatic N) is 2. The average Bonchev–Trinajstić information content (AvgIpc) is 2.91. The Labute approximate surface area is 255 Å². The van der Waals surface area contributed by atoms with Crippen molar-refractivity contribution in [2.24, 2.45) is 0 Å². The lowest BCUT2D eigenvalue weighted by Gasteiger charge is -2.33. The largest absolute Gasteiger partial charge is 0.352 e. The molecule has 0 spiro atoms. The molecule has 0 unspecified atom stereocenters. The van der Waals surface area contributed by atoms with E-state index in [1.165, 1.54) is 41.3 Å². The van der Waals surface area contributed by atoms with Crippen molar-refractivity contribution in [3.63, 3.8) is 0 Å². The Morgan fingerprint density at radius 1 is 0.875 bits per heavy atom. The van der Waals surface area contributed by atoms with E-state index >= 15 is 0 Å². The highest BCUT2D eigenvalue weighted by Gasteiger charge is 2.33. The summed E-state index contributed by atoms with van der Waals surface area (Å²) < 4.78 is 28.5. The maximum absolute atomic E-state index is 14.0. The van der Waals surface area contributed by atoms with E-state index in [0.717, 1.165) is 4.31 Å². The molecule has 3 aromatic rings. The van der Waals surface area contributed by atoms with Crippen LogP contribution >= 0.6 is 46.4 Å². The van der Waals surface area contributed by atoms with Crippen LogP contribution in [0.5, 0.6) is 0 Å². The quantitative estimate of drug-likeness (QED) is 0.248. The molecule has 0 aromatic heterocycles. The summed E-state index contributed by atoms with van der Waals surface area (Å²) in [5.74, 6) is -1.04. The molecular weight excluding hydrogens is 616 g/mol. The molecule has 1 N–H and O–H groups in total. The van der Waals surface area contributed by atoms with Gasteiger partial charge < -0.3 is 10.2 Å². The van der Waals surface area contributed by atoms with Gasteiger partial charge in [-0.15, -0.1) is 0 Å². The summed E-state index contributed by atoms with van der Waals surface area (Å²) in [6, 6.07) is 15.7. The summed E-state index contributed by atoms with van der Waals surface area (Å²) in [7, 11) is -4.26. The molecule has 214 valence electrons. The number of hydrogen-bond donors (Lipinski definition) is 1. The fourth-order valence-corrected chi connectivity index (χ4v) is 6.28. The molecule has 0 radical (unpaired) electrons. The molecule has 0 bridgehead atoms. The normalized spacial score (nSPS) is 12.9. The van der Waals surface area contributed by atoms with Gasteiger partial charge in [0.15, 0.2) is 0 Å². The van der Waals surface area contributed by atoms with Gasteiger partial charge in [0, 0.05) is 27.7 Å². The number of amides is 2. The lowest BCUT2D eigenvalue weighted by Crippen LogP contribution is -2.52. The second-order valence-electron chi connectivity index (χ2n) is 9.17. The average molecular weight is 645 g/mol. The van der Waals surface area contributed by atoms with E-state index in [9.17, 15) is 18.0 Å². The van der Waals surface area contributed by atoms with Gasteiger partial charge in [-0.2, -0.15) is 0 Å². The van der Waals surface area contributed by atoms with E-state index in [-0.39, 0.29) is 28.2 Å². The van der Waals surface area contributed by atoms with Crippen LogP contribution in [0.3, 0.4) is 0 Å². The van der Waals surface area contributed by atoms with Crippen LogP contribution in [0.1, 0.15) is 32.8 Å². The fourth-order valence-electron chi connectivity index (χ4n) is 3.80. The molecule has 12 heteroatoms. The second kappa shape index (κ2) is 13.9. The smallest absolute Gasteiger partial charge is 0.264 e. The fraction of sp³-hybridized carbons (Fsp3) is 0.286. The van der Waals surface area contributed by atoms with Crippen molar-refractivity contribution in [2.45, 2.75) is 50.7 Å². The highest BCUT2D eigenvalue weighted by Crippen LogP contribution is 2.33. The molecule has 0 heterocycles. The van der Waals surface area contributed by atoms with Crippen LogP contribution in [0, 0.1) is 0 Å². The van der Waals surface area contributed by atoms with Crippen LogP contribution in [0.2, 0.25) is 20.1 Å². The van der Waals surface area contributed by atoms with Gasteiger partial charge in [-0.25, -0.2) is 8.42 Å². The van der Waals surface area contributed by atoms with E-state index in [0.29, 0.717) is 27.1 Å². The van der Waals surface area contributed by atoms with Crippen LogP contribution in [-0.2, 0) is 26.2 Å². The van der Waals surface area contributed by atoms with Gasteiger partial charge in [0.1, 0.15) is 12.6 Å². The van der Waals surface area contributed by atoms with E-state index in [4.69, 9.17) is 46.4 Å². The first-order valence-electron chi connectivity index (χ1n) is 12.4. The Hall–Kier alpha value is -2.49. The number of anilines is 1. The van der Waals surface area contributed by atoms with Gasteiger partial charge in [0.05, 0.1) is 15.6 Å². The molecular formula is C28H29Cl4N3O4S. The molecule has 40 heavy (non-hydrogen) atoms. The summed E-state index contributed by atoms with van der Waals surface area (Å²) in [4.78, 5) is 28.3. The summed E-state index contributed by atoms with van der Waals surface area (Å²) in [5.41, 5.74) is 0.592. The van der Waals surface area contributed by atoms with Crippen molar-refractivity contribution in [3.05, 3.63) is 92.4 Å². The van der Waals surface area contributed by atoms with Crippen molar-refractivity contribution in [3.8, 4) is 0 Å². The SMILES string of the molecule is CC[C@H](C)NC(=O)[C@H](C)N(Cc1ccc(Cl)cc1Cl)C(=O)CN(c1ccc(Cl)cc1Cl)S(=O)(=O)c1ccccc1. The zero-order valence-electron chi connectivity index (χ0n) is 22.1. The zero-order valence-corrected chi connectivity index (χ0v) is 25.9.